The number of amides is 2. The number of halogens is 1. The Hall–Kier alpha value is -5.04. The summed E-state index contributed by atoms with van der Waals surface area (Å²) in [7, 11) is 0. The van der Waals surface area contributed by atoms with Crippen LogP contribution in [0.4, 0.5) is 15.9 Å². The van der Waals surface area contributed by atoms with E-state index in [0.29, 0.717) is 54.8 Å². The third-order valence-corrected chi connectivity index (χ3v) is 11.0. The normalized spacial score (nSPS) is 23.3. The summed E-state index contributed by atoms with van der Waals surface area (Å²) < 4.78 is 23.7. The lowest BCUT2D eigenvalue weighted by molar-refractivity contribution is -0.134. The molecule has 3 aliphatic heterocycles. The first-order chi connectivity index (χ1) is 24.4. The molecule has 2 aromatic carbocycles. The van der Waals surface area contributed by atoms with Crippen molar-refractivity contribution in [2.75, 3.05) is 36.9 Å². The number of nitrogens with one attached hydrogen (secondary N) is 1. The van der Waals surface area contributed by atoms with Crippen LogP contribution in [0.1, 0.15) is 68.9 Å². The topological polar surface area (TPSA) is 152 Å². The first-order valence-corrected chi connectivity index (χ1v) is 17.6. The van der Waals surface area contributed by atoms with E-state index < -0.39 is 5.95 Å². The van der Waals surface area contributed by atoms with E-state index >= 15 is 4.39 Å². The number of nitrogens with zero attached hydrogens (tertiary/aromatic N) is 6. The summed E-state index contributed by atoms with van der Waals surface area (Å²) in [5, 5.41) is 25.4. The lowest BCUT2D eigenvalue weighted by Gasteiger charge is -2.42. The van der Waals surface area contributed by atoms with E-state index in [1.54, 1.807) is 30.3 Å². The molecule has 2 saturated heterocycles. The van der Waals surface area contributed by atoms with Crippen LogP contribution in [0.5, 0.6) is 11.5 Å². The van der Waals surface area contributed by atoms with Crippen LogP contribution in [0.15, 0.2) is 54.7 Å². The number of carbonyl (C=O) groups excluding carboxylic acids is 2. The van der Waals surface area contributed by atoms with Gasteiger partial charge in [-0.2, -0.15) is 9.49 Å². The molecule has 13 heteroatoms. The number of aromatic hydroxyl groups is 1. The van der Waals surface area contributed by atoms with Gasteiger partial charge < -0.3 is 25.4 Å². The van der Waals surface area contributed by atoms with E-state index in [9.17, 15) is 14.7 Å². The van der Waals surface area contributed by atoms with Gasteiger partial charge in [-0.25, -0.2) is 4.68 Å². The van der Waals surface area contributed by atoms with Crippen molar-refractivity contribution >= 4 is 23.3 Å². The van der Waals surface area contributed by atoms with Crippen molar-refractivity contribution in [3.05, 3.63) is 66.2 Å². The van der Waals surface area contributed by atoms with Gasteiger partial charge in [-0.05, 0) is 80.7 Å². The summed E-state index contributed by atoms with van der Waals surface area (Å²) >= 11 is 0. The van der Waals surface area contributed by atoms with Crippen LogP contribution in [0.3, 0.4) is 0 Å². The van der Waals surface area contributed by atoms with Crippen LogP contribution >= 0.6 is 0 Å². The van der Waals surface area contributed by atoms with Gasteiger partial charge in [-0.3, -0.25) is 14.9 Å². The van der Waals surface area contributed by atoms with Gasteiger partial charge in [0.2, 0.25) is 17.8 Å². The zero-order valence-electron chi connectivity index (χ0n) is 27.8. The molecule has 50 heavy (non-hydrogen) atoms. The molecule has 1 atom stereocenters. The number of ether oxygens (including phenoxy) is 1. The number of nitrogens with two attached hydrogens (primary N) is 1. The minimum atomic E-state index is -0.448. The number of benzene rings is 2. The van der Waals surface area contributed by atoms with E-state index in [1.807, 2.05) is 6.07 Å². The smallest absolute Gasteiger partial charge is 0.249 e. The van der Waals surface area contributed by atoms with Crippen LogP contribution in [0.25, 0.3) is 22.4 Å². The molecule has 260 valence electrons. The summed E-state index contributed by atoms with van der Waals surface area (Å²) in [6.45, 7) is 2.87. The number of anilines is 2. The Morgan fingerprint density at radius 2 is 1.68 bits per heavy atom. The fourth-order valence-corrected chi connectivity index (χ4v) is 8.39. The number of para-hydroxylation sites is 2. The number of imide groups is 1. The number of fused-ring (bicyclic) bond motifs is 1. The number of phenolic OH excluding ortho intramolecular Hbond substituents is 1. The number of phenols is 1. The van der Waals surface area contributed by atoms with Crippen LogP contribution in [-0.2, 0) is 9.59 Å². The highest BCUT2D eigenvalue weighted by Crippen LogP contribution is 2.45. The van der Waals surface area contributed by atoms with Crippen molar-refractivity contribution in [3.63, 3.8) is 0 Å². The van der Waals surface area contributed by atoms with Crippen LogP contribution in [-0.4, -0.2) is 80.1 Å². The summed E-state index contributed by atoms with van der Waals surface area (Å²) in [6, 6.07) is 14.7. The Morgan fingerprint density at radius 3 is 2.46 bits per heavy atom. The second-order valence-corrected chi connectivity index (χ2v) is 13.8. The fourth-order valence-electron chi connectivity index (χ4n) is 8.39. The standard InChI is InChI=1S/C37H41FN8O4/c38-35-28(27-20-29(42-43-36(27)39)26-4-1-2-7-32(26)47)21-40-46(35)24-14-16-44(17-15-24)23-10-8-22(9-11-23)25-5-3-6-30-34(25)50-19-18-45(30)31-12-13-33(48)41-37(31)49/h1-7,20-24,31,47H,8-19H2,(H2,39,43)(H,41,48,49). The molecule has 0 radical (unpaired) electrons. The molecule has 5 heterocycles. The molecule has 0 spiro atoms. The maximum absolute atomic E-state index is 15.9. The van der Waals surface area contributed by atoms with Gasteiger partial charge in [0.1, 0.15) is 24.1 Å². The molecule has 4 N–H and O–H groups in total. The minimum Gasteiger partial charge on any atom is -0.507 e. The maximum atomic E-state index is 15.9. The van der Waals surface area contributed by atoms with Crippen molar-refractivity contribution in [2.45, 2.75) is 75.4 Å². The van der Waals surface area contributed by atoms with Gasteiger partial charge in [0.15, 0.2) is 5.82 Å². The second kappa shape index (κ2) is 13.3. The first kappa shape index (κ1) is 32.2. The lowest BCUT2D eigenvalue weighted by atomic mass is 9.80. The van der Waals surface area contributed by atoms with E-state index in [1.165, 1.54) is 16.4 Å². The number of aromatic nitrogens is 4. The van der Waals surface area contributed by atoms with Crippen molar-refractivity contribution in [1.82, 2.24) is 30.2 Å². The molecule has 4 aromatic rings. The highest BCUT2D eigenvalue weighted by atomic mass is 19.1. The third kappa shape index (κ3) is 5.93. The summed E-state index contributed by atoms with van der Waals surface area (Å²) in [6.07, 6.45) is 8.19. The number of piperidine rings is 2. The Kier molecular flexibility index (Phi) is 8.59. The van der Waals surface area contributed by atoms with Gasteiger partial charge in [-0.1, -0.05) is 24.3 Å². The molecule has 1 aliphatic carbocycles. The fraction of sp³-hybridized carbons (Fsp3) is 0.432. The van der Waals surface area contributed by atoms with Crippen molar-refractivity contribution in [1.29, 1.82) is 0 Å². The molecule has 8 rings (SSSR count). The molecule has 4 aliphatic rings. The second-order valence-electron chi connectivity index (χ2n) is 13.8. The number of hydrogen-bond donors (Lipinski definition) is 3. The monoisotopic (exact) mass is 680 g/mol. The molecule has 0 bridgehead atoms. The molecular weight excluding hydrogens is 639 g/mol. The summed E-state index contributed by atoms with van der Waals surface area (Å²) in [4.78, 5) is 29.1. The molecular formula is C37H41FN8O4. The number of rotatable bonds is 6. The molecule has 1 saturated carbocycles. The van der Waals surface area contributed by atoms with Crippen molar-refractivity contribution < 1.29 is 23.8 Å². The van der Waals surface area contributed by atoms with Crippen LogP contribution in [0, 0.1) is 5.95 Å². The van der Waals surface area contributed by atoms with Gasteiger partial charge in [0.25, 0.3) is 0 Å². The zero-order chi connectivity index (χ0) is 34.4. The van der Waals surface area contributed by atoms with Gasteiger partial charge in [0.05, 0.1) is 35.7 Å². The van der Waals surface area contributed by atoms with Gasteiger partial charge in [-0.15, -0.1) is 10.2 Å². The zero-order valence-corrected chi connectivity index (χ0v) is 27.8. The predicted molar refractivity (Wildman–Crippen MR) is 185 cm³/mol. The van der Waals surface area contributed by atoms with Gasteiger partial charge in [0, 0.05) is 36.7 Å². The average Bonchev–Trinajstić information content (AvgIpc) is 3.52. The average molecular weight is 681 g/mol. The highest BCUT2D eigenvalue weighted by molar-refractivity contribution is 6.02. The van der Waals surface area contributed by atoms with Gasteiger partial charge >= 0.3 is 0 Å². The molecule has 12 nitrogen and oxygen atoms in total. The quantitative estimate of drug-likeness (QED) is 0.242. The Labute approximate surface area is 289 Å². The highest BCUT2D eigenvalue weighted by Gasteiger charge is 2.37. The summed E-state index contributed by atoms with van der Waals surface area (Å²) in [5.41, 5.74) is 9.84. The van der Waals surface area contributed by atoms with Crippen molar-refractivity contribution in [3.8, 4) is 33.9 Å². The van der Waals surface area contributed by atoms with E-state index in [2.05, 4.69) is 42.5 Å². The number of nitrogen functional groups attached to an aromatic ring is 1. The Bertz CT molecular complexity index is 1920. The first-order valence-electron chi connectivity index (χ1n) is 17.6. The number of hydrogen-bond acceptors (Lipinski definition) is 10. The van der Waals surface area contributed by atoms with E-state index in [-0.39, 0.29) is 41.0 Å². The van der Waals surface area contributed by atoms with Crippen LogP contribution in [0.2, 0.25) is 0 Å². The third-order valence-electron chi connectivity index (χ3n) is 11.0. The molecule has 3 fully saturated rings. The minimum absolute atomic E-state index is 0.0558. The maximum Gasteiger partial charge on any atom is 0.249 e. The Morgan fingerprint density at radius 1 is 0.880 bits per heavy atom. The largest absolute Gasteiger partial charge is 0.507 e. The van der Waals surface area contributed by atoms with E-state index in [0.717, 1.165) is 63.1 Å². The van der Waals surface area contributed by atoms with Crippen molar-refractivity contribution in [2.24, 2.45) is 0 Å². The van der Waals surface area contributed by atoms with E-state index in [4.69, 9.17) is 10.5 Å². The number of carbonyl (C=O) groups is 2. The Balaban J connectivity index is 0.900. The molecule has 2 aromatic heterocycles. The molecule has 2 amide bonds. The molecule has 1 unspecified atom stereocenters. The van der Waals surface area contributed by atoms with Crippen LogP contribution < -0.4 is 20.7 Å². The summed E-state index contributed by atoms with van der Waals surface area (Å²) in [5.74, 6) is 0.529. The predicted octanol–water partition coefficient (Wildman–Crippen LogP) is 4.80. The number of likely N-dealkylation sites (tertiary alicyclic amines) is 1. The lowest BCUT2D eigenvalue weighted by Crippen LogP contribution is -2.54. The SMILES string of the molecule is Nc1nnc(-c2ccccc2O)cc1-c1cnn(C2CCN(C3CCC(c4cccc5c4OCCN5C4CCC(=O)NC4=O)CC3)CC2)c1F.